The largest absolute Gasteiger partial charge is 0.367 e. The fourth-order valence-electron chi connectivity index (χ4n) is 4.12. The number of hydrogen-bond donors (Lipinski definition) is 1. The molecule has 2 saturated carbocycles. The first-order valence-electron chi connectivity index (χ1n) is 7.62. The Bertz CT molecular complexity index is 454. The number of nitrogens with zero attached hydrogens (tertiary/aromatic N) is 2. The van der Waals surface area contributed by atoms with Gasteiger partial charge in [0.25, 0.3) is 5.91 Å². The summed E-state index contributed by atoms with van der Waals surface area (Å²) in [5.74, 6) is 1.78. The molecule has 20 heavy (non-hydrogen) atoms. The van der Waals surface area contributed by atoms with Crippen LogP contribution in [0.2, 0.25) is 0 Å². The molecule has 4 atom stereocenters. The van der Waals surface area contributed by atoms with Gasteiger partial charge in [-0.15, -0.1) is 0 Å². The summed E-state index contributed by atoms with van der Waals surface area (Å²) in [5, 5.41) is 0. The maximum Gasteiger partial charge on any atom is 0.255 e. The number of fused-ring (bicyclic) bond motifs is 1. The van der Waals surface area contributed by atoms with Crippen molar-refractivity contribution in [2.45, 2.75) is 37.8 Å². The molecule has 1 amide bonds. The number of carbonyl (C=O) groups is 1. The molecular formula is C16H25N3O. The molecule has 1 aromatic heterocycles. The number of rotatable bonds is 3. The molecule has 2 aliphatic carbocycles. The third-order valence-electron chi connectivity index (χ3n) is 5.41. The maximum atomic E-state index is 12.4. The van der Waals surface area contributed by atoms with Crippen LogP contribution < -0.4 is 0 Å². The van der Waals surface area contributed by atoms with Gasteiger partial charge in [-0.25, -0.2) is 0 Å². The van der Waals surface area contributed by atoms with E-state index in [0.29, 0.717) is 6.04 Å². The molecule has 0 radical (unpaired) electrons. The Balaban J connectivity index is 1.61. The van der Waals surface area contributed by atoms with Gasteiger partial charge in [0.1, 0.15) is 0 Å². The number of aromatic amines is 1. The lowest BCUT2D eigenvalue weighted by atomic mass is 10.0. The van der Waals surface area contributed by atoms with E-state index in [1.807, 2.05) is 24.2 Å². The van der Waals surface area contributed by atoms with Crippen molar-refractivity contribution < 1.29 is 4.79 Å². The van der Waals surface area contributed by atoms with Crippen LogP contribution >= 0.6 is 0 Å². The predicted molar refractivity (Wildman–Crippen MR) is 79.6 cm³/mol. The monoisotopic (exact) mass is 275 g/mol. The molecule has 1 aromatic rings. The smallest absolute Gasteiger partial charge is 0.255 e. The second kappa shape index (κ2) is 5.24. The van der Waals surface area contributed by atoms with Crippen LogP contribution in [0.4, 0.5) is 0 Å². The van der Waals surface area contributed by atoms with Gasteiger partial charge in [-0.2, -0.15) is 0 Å². The molecule has 2 aliphatic rings. The van der Waals surface area contributed by atoms with E-state index in [0.717, 1.165) is 23.4 Å². The van der Waals surface area contributed by atoms with Gasteiger partial charge in [0.05, 0.1) is 5.56 Å². The normalized spacial score (nSPS) is 32.6. The van der Waals surface area contributed by atoms with Crippen molar-refractivity contribution in [3.8, 4) is 0 Å². The first-order valence-corrected chi connectivity index (χ1v) is 7.62. The number of nitrogens with one attached hydrogen (secondary N) is 1. The van der Waals surface area contributed by atoms with Gasteiger partial charge in [0.15, 0.2) is 0 Å². The van der Waals surface area contributed by atoms with Crippen molar-refractivity contribution in [2.24, 2.45) is 11.8 Å². The Hall–Kier alpha value is -1.29. The summed E-state index contributed by atoms with van der Waals surface area (Å²) in [6.45, 7) is 0. The van der Waals surface area contributed by atoms with E-state index in [1.54, 1.807) is 6.20 Å². The summed E-state index contributed by atoms with van der Waals surface area (Å²) in [6, 6.07) is 3.03. The van der Waals surface area contributed by atoms with Gasteiger partial charge in [-0.05, 0) is 57.7 Å². The number of amides is 1. The molecule has 4 heteroatoms. The molecule has 0 spiro atoms. The third-order valence-corrected chi connectivity index (χ3v) is 5.41. The van der Waals surface area contributed by atoms with Crippen molar-refractivity contribution in [1.82, 2.24) is 14.8 Å². The minimum absolute atomic E-state index is 0.153. The van der Waals surface area contributed by atoms with E-state index in [4.69, 9.17) is 0 Å². The van der Waals surface area contributed by atoms with Gasteiger partial charge in [0, 0.05) is 31.5 Å². The molecule has 1 N–H and O–H groups in total. The molecule has 110 valence electrons. The van der Waals surface area contributed by atoms with E-state index in [9.17, 15) is 4.79 Å². The number of aromatic nitrogens is 1. The Morgan fingerprint density at radius 1 is 1.10 bits per heavy atom. The van der Waals surface area contributed by atoms with Crippen LogP contribution in [0.3, 0.4) is 0 Å². The molecule has 0 aromatic carbocycles. The van der Waals surface area contributed by atoms with E-state index < -0.39 is 0 Å². The van der Waals surface area contributed by atoms with Crippen molar-refractivity contribution in [2.75, 3.05) is 21.1 Å². The standard InChI is InChI=1S/C16H25N3O/c1-18(2)14-6-12-8-15(9-13(12)7-14)19(3)16(20)11-4-5-17-10-11/h4-5,10,12-15,17H,6-9H2,1-3H3/t12-,13+,14?,15?. The van der Waals surface area contributed by atoms with E-state index in [1.165, 1.54) is 25.7 Å². The Labute approximate surface area is 121 Å². The molecule has 2 unspecified atom stereocenters. The number of carbonyl (C=O) groups excluding carboxylic acids is 1. The van der Waals surface area contributed by atoms with Gasteiger partial charge in [-0.1, -0.05) is 0 Å². The lowest BCUT2D eigenvalue weighted by Crippen LogP contribution is -2.36. The quantitative estimate of drug-likeness (QED) is 0.918. The number of hydrogen-bond acceptors (Lipinski definition) is 2. The van der Waals surface area contributed by atoms with Crippen molar-refractivity contribution >= 4 is 5.91 Å². The second-order valence-corrected chi connectivity index (χ2v) is 6.75. The van der Waals surface area contributed by atoms with Crippen LogP contribution in [-0.2, 0) is 0 Å². The highest BCUT2D eigenvalue weighted by atomic mass is 16.2. The van der Waals surface area contributed by atoms with E-state index in [-0.39, 0.29) is 5.91 Å². The molecular weight excluding hydrogens is 250 g/mol. The SMILES string of the molecule is CN(C)C1C[C@@H]2CC(N(C)C(=O)c3cc[nH]c3)C[C@@H]2C1. The third kappa shape index (κ3) is 2.37. The summed E-state index contributed by atoms with van der Waals surface area (Å²) in [7, 11) is 6.33. The summed E-state index contributed by atoms with van der Waals surface area (Å²) in [4.78, 5) is 19.7. The molecule has 3 rings (SSSR count). The second-order valence-electron chi connectivity index (χ2n) is 6.75. The highest BCUT2D eigenvalue weighted by Crippen LogP contribution is 2.46. The summed E-state index contributed by atoms with van der Waals surface area (Å²) in [6.07, 6.45) is 8.58. The lowest BCUT2D eigenvalue weighted by Gasteiger charge is -2.26. The Morgan fingerprint density at radius 3 is 2.20 bits per heavy atom. The topological polar surface area (TPSA) is 39.3 Å². The average molecular weight is 275 g/mol. The maximum absolute atomic E-state index is 12.4. The van der Waals surface area contributed by atoms with Gasteiger partial charge in [0.2, 0.25) is 0 Å². The highest BCUT2D eigenvalue weighted by Gasteiger charge is 2.44. The summed E-state index contributed by atoms with van der Waals surface area (Å²) >= 11 is 0. The minimum atomic E-state index is 0.153. The number of H-pyrrole nitrogens is 1. The molecule has 2 fully saturated rings. The zero-order valence-corrected chi connectivity index (χ0v) is 12.7. The van der Waals surface area contributed by atoms with Crippen LogP contribution in [0.25, 0.3) is 0 Å². The van der Waals surface area contributed by atoms with Crippen molar-refractivity contribution in [1.29, 1.82) is 0 Å². The minimum Gasteiger partial charge on any atom is -0.367 e. The van der Waals surface area contributed by atoms with E-state index in [2.05, 4.69) is 24.0 Å². The van der Waals surface area contributed by atoms with Gasteiger partial charge < -0.3 is 14.8 Å². The van der Waals surface area contributed by atoms with Crippen LogP contribution in [0.1, 0.15) is 36.0 Å². The molecule has 4 nitrogen and oxygen atoms in total. The van der Waals surface area contributed by atoms with Crippen LogP contribution in [-0.4, -0.2) is 53.9 Å². The predicted octanol–water partition coefficient (Wildman–Crippen LogP) is 2.21. The lowest BCUT2D eigenvalue weighted by molar-refractivity contribution is 0.0726. The first kappa shape index (κ1) is 13.7. The van der Waals surface area contributed by atoms with Crippen LogP contribution in [0.5, 0.6) is 0 Å². The van der Waals surface area contributed by atoms with Crippen molar-refractivity contribution in [3.63, 3.8) is 0 Å². The Morgan fingerprint density at radius 2 is 1.70 bits per heavy atom. The fourth-order valence-corrected chi connectivity index (χ4v) is 4.12. The first-order chi connectivity index (χ1) is 9.56. The Kier molecular flexibility index (Phi) is 3.59. The van der Waals surface area contributed by atoms with Crippen molar-refractivity contribution in [3.05, 3.63) is 24.0 Å². The fraction of sp³-hybridized carbons (Fsp3) is 0.688. The molecule has 0 bridgehead atoms. The van der Waals surface area contributed by atoms with Crippen LogP contribution in [0, 0.1) is 11.8 Å². The molecule has 1 heterocycles. The average Bonchev–Trinajstić information content (AvgIpc) is 3.11. The zero-order valence-electron chi connectivity index (χ0n) is 12.7. The summed E-state index contributed by atoms with van der Waals surface area (Å²) in [5.41, 5.74) is 0.774. The van der Waals surface area contributed by atoms with Gasteiger partial charge in [-0.3, -0.25) is 4.79 Å². The zero-order chi connectivity index (χ0) is 14.3. The highest BCUT2D eigenvalue weighted by molar-refractivity contribution is 5.94. The van der Waals surface area contributed by atoms with Gasteiger partial charge >= 0.3 is 0 Å². The molecule has 0 saturated heterocycles. The summed E-state index contributed by atoms with van der Waals surface area (Å²) < 4.78 is 0. The van der Waals surface area contributed by atoms with E-state index >= 15 is 0 Å². The van der Waals surface area contributed by atoms with Crippen LogP contribution in [0.15, 0.2) is 18.5 Å². The molecule has 0 aliphatic heterocycles.